The first-order valence-corrected chi connectivity index (χ1v) is 8.58. The average Bonchev–Trinajstić information content (AvgIpc) is 3.01. The Kier molecular flexibility index (Phi) is 4.79. The van der Waals surface area contributed by atoms with Gasteiger partial charge in [0, 0.05) is 32.7 Å². The number of aliphatic hydroxyl groups excluding tert-OH is 1. The van der Waals surface area contributed by atoms with Crippen LogP contribution in [0, 0.1) is 11.2 Å². The molecule has 1 amide bonds. The summed E-state index contributed by atoms with van der Waals surface area (Å²) >= 11 is 0. The number of benzene rings is 1. The molecule has 136 valence electrons. The molecule has 1 atom stereocenters. The van der Waals surface area contributed by atoms with E-state index in [4.69, 9.17) is 0 Å². The van der Waals surface area contributed by atoms with Crippen molar-refractivity contribution >= 4 is 16.9 Å². The van der Waals surface area contributed by atoms with E-state index in [1.165, 1.54) is 18.5 Å². The van der Waals surface area contributed by atoms with Crippen molar-refractivity contribution in [2.24, 2.45) is 5.41 Å². The van der Waals surface area contributed by atoms with Crippen LogP contribution in [-0.2, 0) is 0 Å². The molecule has 1 aliphatic rings. The molecule has 1 aliphatic heterocycles. The van der Waals surface area contributed by atoms with E-state index in [0.29, 0.717) is 49.3 Å². The van der Waals surface area contributed by atoms with Gasteiger partial charge in [-0.15, -0.1) is 0 Å². The predicted molar refractivity (Wildman–Crippen MR) is 93.9 cm³/mol. The van der Waals surface area contributed by atoms with Crippen molar-refractivity contribution in [3.63, 3.8) is 0 Å². The molecule has 2 aromatic rings. The first-order valence-electron chi connectivity index (χ1n) is 8.58. The monoisotopic (exact) mass is 348 g/mol. The number of fused-ring (bicyclic) bond motifs is 1. The fourth-order valence-electron chi connectivity index (χ4n) is 3.00. The first kappa shape index (κ1) is 17.8. The highest BCUT2D eigenvalue weighted by atomic mass is 19.1. The third kappa shape index (κ3) is 3.82. The summed E-state index contributed by atoms with van der Waals surface area (Å²) < 4.78 is 13.8. The number of nitrogens with one attached hydrogen (secondary N) is 1. The summed E-state index contributed by atoms with van der Waals surface area (Å²) in [7, 11) is 0. The summed E-state index contributed by atoms with van der Waals surface area (Å²) in [5.74, 6) is -0.653. The van der Waals surface area contributed by atoms with Gasteiger partial charge < -0.3 is 15.0 Å². The number of aromatic amines is 1. The Labute approximate surface area is 146 Å². The molecule has 25 heavy (non-hydrogen) atoms. The maximum Gasteiger partial charge on any atom is 0.256 e. The average molecular weight is 348 g/mol. The third-order valence-corrected chi connectivity index (χ3v) is 4.81. The lowest BCUT2D eigenvalue weighted by Crippen LogP contribution is -2.51. The molecule has 0 aliphatic carbocycles. The lowest BCUT2D eigenvalue weighted by Gasteiger charge is -2.38. The van der Waals surface area contributed by atoms with Crippen molar-refractivity contribution in [3.05, 3.63) is 29.8 Å². The minimum absolute atomic E-state index is 0.167. The molecule has 2 N–H and O–H groups in total. The number of aromatic nitrogens is 2. The molecule has 1 saturated heterocycles. The van der Waals surface area contributed by atoms with Gasteiger partial charge in [0.25, 0.3) is 5.91 Å². The molecule has 2 heterocycles. The van der Waals surface area contributed by atoms with Gasteiger partial charge in [-0.2, -0.15) is 0 Å². The second-order valence-corrected chi connectivity index (χ2v) is 7.73. The topological polar surface area (TPSA) is 72.5 Å². The number of hydrogen-bond donors (Lipinski definition) is 2. The van der Waals surface area contributed by atoms with Crippen LogP contribution in [0.4, 0.5) is 4.39 Å². The lowest BCUT2D eigenvalue weighted by molar-refractivity contribution is 0.0137. The van der Waals surface area contributed by atoms with Crippen molar-refractivity contribution in [2.75, 3.05) is 32.7 Å². The van der Waals surface area contributed by atoms with Gasteiger partial charge in [-0.05, 0) is 17.5 Å². The highest BCUT2D eigenvalue weighted by molar-refractivity contribution is 6.04. The quantitative estimate of drug-likeness (QED) is 0.888. The number of hydrogen-bond acceptors (Lipinski definition) is 4. The van der Waals surface area contributed by atoms with E-state index < -0.39 is 11.9 Å². The molecule has 0 unspecified atom stereocenters. The second-order valence-electron chi connectivity index (χ2n) is 7.73. The summed E-state index contributed by atoms with van der Waals surface area (Å²) in [6.45, 7) is 9.12. The molecule has 0 spiro atoms. The van der Waals surface area contributed by atoms with E-state index in [1.807, 2.05) is 20.8 Å². The van der Waals surface area contributed by atoms with E-state index in [-0.39, 0.29) is 11.3 Å². The third-order valence-electron chi connectivity index (χ3n) is 4.81. The van der Waals surface area contributed by atoms with Gasteiger partial charge >= 0.3 is 0 Å². The minimum atomic E-state index is -0.452. The molecule has 0 radical (unpaired) electrons. The Bertz CT molecular complexity index is 760. The van der Waals surface area contributed by atoms with E-state index in [2.05, 4.69) is 14.9 Å². The smallest absolute Gasteiger partial charge is 0.256 e. The van der Waals surface area contributed by atoms with Crippen molar-refractivity contribution < 1.29 is 14.3 Å². The van der Waals surface area contributed by atoms with Crippen LogP contribution in [0.5, 0.6) is 0 Å². The number of amides is 1. The zero-order chi connectivity index (χ0) is 18.2. The Balaban J connectivity index is 1.66. The van der Waals surface area contributed by atoms with Crippen LogP contribution < -0.4 is 0 Å². The molecule has 3 rings (SSSR count). The van der Waals surface area contributed by atoms with Crippen molar-refractivity contribution in [1.82, 2.24) is 19.8 Å². The van der Waals surface area contributed by atoms with Gasteiger partial charge in [-0.3, -0.25) is 9.69 Å². The molecule has 1 aromatic heterocycles. The highest BCUT2D eigenvalue weighted by Crippen LogP contribution is 2.22. The van der Waals surface area contributed by atoms with Crippen molar-refractivity contribution in [3.8, 4) is 0 Å². The SMILES string of the molecule is CC(C)(C)[C@@H](O)CN1CCN(C(=O)c2cc(F)cc3[nH]cnc23)CC1. The number of halogens is 1. The molecule has 1 fully saturated rings. The van der Waals surface area contributed by atoms with Crippen LogP contribution in [0.1, 0.15) is 31.1 Å². The largest absolute Gasteiger partial charge is 0.391 e. The molecule has 0 saturated carbocycles. The first-order chi connectivity index (χ1) is 11.8. The van der Waals surface area contributed by atoms with Gasteiger partial charge in [0.15, 0.2) is 0 Å². The van der Waals surface area contributed by atoms with Crippen LogP contribution in [-0.4, -0.2) is 69.6 Å². The normalized spacial score (nSPS) is 17.9. The minimum Gasteiger partial charge on any atom is -0.391 e. The number of carbonyl (C=O) groups is 1. The van der Waals surface area contributed by atoms with Crippen LogP contribution >= 0.6 is 0 Å². The van der Waals surface area contributed by atoms with Crippen LogP contribution in [0.15, 0.2) is 18.5 Å². The maximum absolute atomic E-state index is 13.8. The van der Waals surface area contributed by atoms with Gasteiger partial charge in [0.05, 0.1) is 23.5 Å². The number of aliphatic hydroxyl groups is 1. The van der Waals surface area contributed by atoms with E-state index in [0.717, 1.165) is 0 Å². The molecule has 0 bridgehead atoms. The van der Waals surface area contributed by atoms with Crippen molar-refractivity contribution in [1.29, 1.82) is 0 Å². The lowest BCUT2D eigenvalue weighted by atomic mass is 9.89. The summed E-state index contributed by atoms with van der Waals surface area (Å²) in [4.78, 5) is 23.7. The Hall–Kier alpha value is -1.99. The number of H-pyrrole nitrogens is 1. The summed E-state index contributed by atoms with van der Waals surface area (Å²) in [6, 6.07) is 2.59. The number of piperazine rings is 1. The zero-order valence-corrected chi connectivity index (χ0v) is 14.9. The molecule has 7 heteroatoms. The highest BCUT2D eigenvalue weighted by Gasteiger charge is 2.28. The van der Waals surface area contributed by atoms with Crippen LogP contribution in [0.2, 0.25) is 0 Å². The maximum atomic E-state index is 13.8. The Morgan fingerprint density at radius 1 is 1.32 bits per heavy atom. The fourth-order valence-corrected chi connectivity index (χ4v) is 3.00. The van der Waals surface area contributed by atoms with Gasteiger partial charge in [-0.25, -0.2) is 9.37 Å². The summed E-state index contributed by atoms with van der Waals surface area (Å²) in [6.07, 6.45) is 1.05. The number of carbonyl (C=O) groups excluding carboxylic acids is 1. The zero-order valence-electron chi connectivity index (χ0n) is 14.9. The Morgan fingerprint density at radius 2 is 2.00 bits per heavy atom. The second kappa shape index (κ2) is 6.72. The summed E-state index contributed by atoms with van der Waals surface area (Å²) in [5.41, 5.74) is 1.15. The van der Waals surface area contributed by atoms with Crippen LogP contribution in [0.3, 0.4) is 0 Å². The predicted octanol–water partition coefficient (Wildman–Crippen LogP) is 1.87. The number of imidazole rings is 1. The number of rotatable bonds is 3. The van der Waals surface area contributed by atoms with Gasteiger partial charge in [-0.1, -0.05) is 20.8 Å². The summed E-state index contributed by atoms with van der Waals surface area (Å²) in [5, 5.41) is 10.2. The molecular formula is C18H25FN4O2. The van der Waals surface area contributed by atoms with E-state index >= 15 is 0 Å². The van der Waals surface area contributed by atoms with E-state index in [1.54, 1.807) is 4.90 Å². The molecule has 6 nitrogen and oxygen atoms in total. The standard InChI is InChI=1S/C18H25FN4O2/c1-18(2,3)15(24)10-22-4-6-23(7-5-22)17(25)13-8-12(19)9-14-16(13)21-11-20-14/h8-9,11,15,24H,4-7,10H2,1-3H3,(H,20,21)/t15-/m0/s1. The van der Waals surface area contributed by atoms with Crippen molar-refractivity contribution in [2.45, 2.75) is 26.9 Å². The molecular weight excluding hydrogens is 323 g/mol. The number of nitrogens with zero attached hydrogens (tertiary/aromatic N) is 3. The van der Waals surface area contributed by atoms with E-state index in [9.17, 15) is 14.3 Å². The van der Waals surface area contributed by atoms with Gasteiger partial charge in [0.1, 0.15) is 11.3 Å². The number of β-amino-alcohol motifs (C(OH)–C–C–N with tert-alkyl or cyclic N) is 1. The fraction of sp³-hybridized carbons (Fsp3) is 0.556. The van der Waals surface area contributed by atoms with Crippen LogP contribution in [0.25, 0.3) is 11.0 Å². The van der Waals surface area contributed by atoms with Gasteiger partial charge in [0.2, 0.25) is 0 Å². The molecule has 1 aromatic carbocycles. The Morgan fingerprint density at radius 3 is 2.64 bits per heavy atom.